The summed E-state index contributed by atoms with van der Waals surface area (Å²) < 4.78 is 1.03. The van der Waals surface area contributed by atoms with Crippen LogP contribution in [0.2, 0.25) is 5.02 Å². The number of rotatable bonds is 3. The fraction of sp³-hybridized carbons (Fsp3) is 0.455. The predicted molar refractivity (Wildman–Crippen MR) is 70.7 cm³/mol. The number of halogens is 3. The van der Waals surface area contributed by atoms with Crippen LogP contribution in [0.3, 0.4) is 0 Å². The van der Waals surface area contributed by atoms with Crippen LogP contribution < -0.4 is 5.73 Å². The Morgan fingerprint density at radius 2 is 2.13 bits per heavy atom. The largest absolute Gasteiger partial charge is 0.324 e. The van der Waals surface area contributed by atoms with Crippen molar-refractivity contribution in [1.29, 1.82) is 0 Å². The van der Waals surface area contributed by atoms with Crippen molar-refractivity contribution in [2.75, 3.05) is 0 Å². The molecule has 4 heteroatoms. The molecule has 15 heavy (non-hydrogen) atoms. The van der Waals surface area contributed by atoms with Crippen LogP contribution in [0.5, 0.6) is 0 Å². The molecule has 0 heterocycles. The molecule has 1 saturated carbocycles. The van der Waals surface area contributed by atoms with Gasteiger partial charge in [-0.1, -0.05) is 46.4 Å². The Labute approximate surface area is 110 Å². The number of nitrogens with two attached hydrogens (primary N) is 1. The Hall–Kier alpha value is 0.240. The summed E-state index contributed by atoms with van der Waals surface area (Å²) in [4.78, 5) is 0. The van der Waals surface area contributed by atoms with E-state index >= 15 is 0 Å². The lowest BCUT2D eigenvalue weighted by atomic mass is 10.0. The van der Waals surface area contributed by atoms with Gasteiger partial charge >= 0.3 is 0 Å². The first-order valence-electron chi connectivity index (χ1n) is 4.87. The van der Waals surface area contributed by atoms with Gasteiger partial charge < -0.3 is 5.73 Å². The highest BCUT2D eigenvalue weighted by molar-refractivity contribution is 9.10. The van der Waals surface area contributed by atoms with Crippen molar-refractivity contribution in [1.82, 2.24) is 0 Å². The van der Waals surface area contributed by atoms with Gasteiger partial charge in [0.15, 0.2) is 0 Å². The van der Waals surface area contributed by atoms with Gasteiger partial charge in [0.25, 0.3) is 0 Å². The third kappa shape index (κ3) is 3.63. The quantitative estimate of drug-likeness (QED) is 0.884. The molecule has 0 amide bonds. The molecule has 0 aromatic heterocycles. The normalized spacial score (nSPS) is 17.0. The maximum atomic E-state index is 6.11. The summed E-state index contributed by atoms with van der Waals surface area (Å²) >= 11 is 9.36. The lowest BCUT2D eigenvalue weighted by molar-refractivity contribution is 0.595. The second-order valence-corrected chi connectivity index (χ2v) is 5.24. The first kappa shape index (κ1) is 13.3. The molecule has 1 nitrogen and oxygen atoms in total. The smallest absolute Gasteiger partial charge is 0.0417 e. The van der Waals surface area contributed by atoms with Gasteiger partial charge in [-0.2, -0.15) is 0 Å². The maximum Gasteiger partial charge on any atom is 0.0417 e. The van der Waals surface area contributed by atoms with Gasteiger partial charge in [-0.25, -0.2) is 0 Å². The molecule has 0 aliphatic heterocycles. The van der Waals surface area contributed by atoms with E-state index in [1.165, 1.54) is 18.4 Å². The number of hydrogen-bond acceptors (Lipinski definition) is 1. The van der Waals surface area contributed by atoms with E-state index in [9.17, 15) is 0 Å². The molecule has 0 saturated heterocycles. The predicted octanol–water partition coefficient (Wildman–Crippen LogP) is 4.32. The van der Waals surface area contributed by atoms with Crippen molar-refractivity contribution in [3.05, 3.63) is 33.3 Å². The average molecular weight is 311 g/mol. The second-order valence-electron chi connectivity index (χ2n) is 3.95. The van der Waals surface area contributed by atoms with E-state index in [0.29, 0.717) is 0 Å². The topological polar surface area (TPSA) is 26.0 Å². The Morgan fingerprint density at radius 3 is 2.67 bits per heavy atom. The van der Waals surface area contributed by atoms with Crippen LogP contribution in [0, 0.1) is 5.92 Å². The Bertz CT molecular complexity index is 339. The van der Waals surface area contributed by atoms with E-state index in [-0.39, 0.29) is 18.4 Å². The molecule has 84 valence electrons. The highest BCUT2D eigenvalue weighted by atomic mass is 79.9. The summed E-state index contributed by atoms with van der Waals surface area (Å²) in [6.45, 7) is 0. The molecule has 1 aliphatic rings. The zero-order valence-electron chi connectivity index (χ0n) is 8.25. The minimum absolute atomic E-state index is 0. The van der Waals surface area contributed by atoms with Crippen LogP contribution in [0.1, 0.15) is 30.9 Å². The molecular weight excluding hydrogens is 297 g/mol. The summed E-state index contributed by atoms with van der Waals surface area (Å²) in [6.07, 6.45) is 3.79. The summed E-state index contributed by atoms with van der Waals surface area (Å²) in [7, 11) is 0. The van der Waals surface area contributed by atoms with Crippen LogP contribution >= 0.6 is 39.9 Å². The zero-order valence-corrected chi connectivity index (χ0v) is 11.4. The van der Waals surface area contributed by atoms with Crippen molar-refractivity contribution in [2.24, 2.45) is 11.7 Å². The minimum atomic E-state index is 0. The fourth-order valence-electron chi connectivity index (χ4n) is 1.64. The van der Waals surface area contributed by atoms with Crippen LogP contribution in [-0.2, 0) is 0 Å². The van der Waals surface area contributed by atoms with Gasteiger partial charge in [-0.15, -0.1) is 12.4 Å². The summed E-state index contributed by atoms with van der Waals surface area (Å²) in [5.41, 5.74) is 7.28. The van der Waals surface area contributed by atoms with E-state index in [2.05, 4.69) is 15.9 Å². The molecule has 1 fully saturated rings. The van der Waals surface area contributed by atoms with Gasteiger partial charge in [-0.05, 0) is 30.0 Å². The van der Waals surface area contributed by atoms with Crippen LogP contribution in [0.25, 0.3) is 0 Å². The molecule has 1 aliphatic carbocycles. The molecule has 0 bridgehead atoms. The molecule has 1 aromatic rings. The minimum Gasteiger partial charge on any atom is -0.324 e. The van der Waals surface area contributed by atoms with Crippen molar-refractivity contribution < 1.29 is 0 Å². The Balaban J connectivity index is 0.00000112. The van der Waals surface area contributed by atoms with Crippen molar-refractivity contribution >= 4 is 39.9 Å². The van der Waals surface area contributed by atoms with Gasteiger partial charge in [0.1, 0.15) is 0 Å². The summed E-state index contributed by atoms with van der Waals surface area (Å²) in [5.74, 6) is 0.854. The van der Waals surface area contributed by atoms with Crippen LogP contribution in [-0.4, -0.2) is 0 Å². The van der Waals surface area contributed by atoms with Gasteiger partial charge in [0, 0.05) is 15.5 Å². The van der Waals surface area contributed by atoms with Crippen LogP contribution in [0.4, 0.5) is 0 Å². The lowest BCUT2D eigenvalue weighted by Crippen LogP contribution is -2.11. The Morgan fingerprint density at radius 1 is 1.47 bits per heavy atom. The van der Waals surface area contributed by atoms with Crippen LogP contribution in [0.15, 0.2) is 22.7 Å². The van der Waals surface area contributed by atoms with E-state index in [4.69, 9.17) is 17.3 Å². The zero-order chi connectivity index (χ0) is 10.1. The lowest BCUT2D eigenvalue weighted by Gasteiger charge is -2.13. The highest BCUT2D eigenvalue weighted by Crippen LogP contribution is 2.38. The van der Waals surface area contributed by atoms with E-state index in [0.717, 1.165) is 21.8 Å². The SMILES string of the molecule is Cl.N[C@H](CC1CC1)c1ccc(Cl)cc1Br. The second kappa shape index (κ2) is 5.53. The first-order chi connectivity index (χ1) is 6.66. The molecule has 0 spiro atoms. The third-order valence-corrected chi connectivity index (χ3v) is 3.57. The molecule has 0 radical (unpaired) electrons. The van der Waals surface area contributed by atoms with Gasteiger partial charge in [0.2, 0.25) is 0 Å². The first-order valence-corrected chi connectivity index (χ1v) is 6.04. The van der Waals surface area contributed by atoms with Gasteiger partial charge in [0.05, 0.1) is 0 Å². The third-order valence-electron chi connectivity index (χ3n) is 2.65. The average Bonchev–Trinajstić information content (AvgIpc) is 2.87. The molecule has 2 N–H and O–H groups in total. The Kier molecular flexibility index (Phi) is 4.91. The standard InChI is InChI=1S/C11H13BrClN.ClH/c12-10-6-8(13)3-4-9(10)11(14)5-7-1-2-7;/h3-4,6-7,11H,1-2,5,14H2;1H/t11-;/m1./s1. The number of hydrogen-bond donors (Lipinski definition) is 1. The van der Waals surface area contributed by atoms with E-state index in [1.807, 2.05) is 18.2 Å². The van der Waals surface area contributed by atoms with Crippen molar-refractivity contribution in [2.45, 2.75) is 25.3 Å². The number of benzene rings is 1. The van der Waals surface area contributed by atoms with Crippen molar-refractivity contribution in [3.63, 3.8) is 0 Å². The van der Waals surface area contributed by atoms with E-state index < -0.39 is 0 Å². The van der Waals surface area contributed by atoms with Crippen molar-refractivity contribution in [3.8, 4) is 0 Å². The fourth-order valence-corrected chi connectivity index (χ4v) is 2.62. The highest BCUT2D eigenvalue weighted by Gasteiger charge is 2.25. The summed E-state index contributed by atoms with van der Waals surface area (Å²) in [5, 5.41) is 0.749. The maximum absolute atomic E-state index is 6.11. The molecule has 1 aromatic carbocycles. The van der Waals surface area contributed by atoms with E-state index in [1.54, 1.807) is 0 Å². The monoisotopic (exact) mass is 309 g/mol. The molecule has 2 rings (SSSR count). The van der Waals surface area contributed by atoms with Gasteiger partial charge in [-0.3, -0.25) is 0 Å². The molecule has 1 atom stereocenters. The molecule has 0 unspecified atom stereocenters. The summed E-state index contributed by atoms with van der Waals surface area (Å²) in [6, 6.07) is 5.96. The molecular formula is C11H14BrCl2N.